The van der Waals surface area contributed by atoms with E-state index >= 15 is 0 Å². The van der Waals surface area contributed by atoms with Crippen LogP contribution < -0.4 is 0 Å². The molecule has 0 aromatic heterocycles. The zero-order valence-corrected chi connectivity index (χ0v) is 27.8. The first-order valence-corrected chi connectivity index (χ1v) is 18.6. The summed E-state index contributed by atoms with van der Waals surface area (Å²) in [5, 5.41) is -0.428. The lowest BCUT2D eigenvalue weighted by Crippen LogP contribution is -2.87. The van der Waals surface area contributed by atoms with Gasteiger partial charge in [-0.1, -0.05) is 104 Å². The van der Waals surface area contributed by atoms with Gasteiger partial charge in [-0.3, -0.25) is 13.7 Å². The second-order valence-corrected chi connectivity index (χ2v) is 24.7. The molecule has 0 radical (unpaired) electrons. The van der Waals surface area contributed by atoms with Crippen LogP contribution in [0, 0.1) is 0 Å². The maximum absolute atomic E-state index is 7.66. The van der Waals surface area contributed by atoms with Crippen LogP contribution in [0.4, 0.5) is 0 Å². The summed E-state index contributed by atoms with van der Waals surface area (Å²) in [7, 11) is -8.84. The highest BCUT2D eigenvalue weighted by Crippen LogP contribution is 2.57. The van der Waals surface area contributed by atoms with Crippen molar-refractivity contribution in [2.45, 2.75) is 119 Å². The summed E-state index contributed by atoms with van der Waals surface area (Å²) < 4.78 is 30.6. The molecule has 1 heterocycles. The molecule has 1 fully saturated rings. The van der Waals surface area contributed by atoms with Gasteiger partial charge in [-0.2, -0.15) is 0 Å². The van der Waals surface area contributed by atoms with E-state index in [1.54, 1.807) is 0 Å². The fourth-order valence-corrected chi connectivity index (χ4v) is 27.2. The quantitative estimate of drug-likeness (QED) is 0.333. The minimum atomic E-state index is -2.95. The number of rotatable bonds is 9. The molecule has 0 saturated carbocycles. The molecule has 0 aliphatic carbocycles. The Balaban J connectivity index is 4.25. The molecule has 33 heavy (non-hydrogen) atoms. The second-order valence-electron chi connectivity index (χ2n) is 12.3. The Labute approximate surface area is 210 Å². The molecule has 0 aromatic rings. The van der Waals surface area contributed by atoms with Gasteiger partial charge in [0.15, 0.2) is 0 Å². The molecular weight excluding hydrogens is 463 g/mol. The van der Waals surface area contributed by atoms with Crippen molar-refractivity contribution >= 4 is 26.2 Å². The van der Waals surface area contributed by atoms with Gasteiger partial charge < -0.3 is 12.3 Å². The van der Waals surface area contributed by atoms with Crippen LogP contribution in [0.1, 0.15) is 104 Å². The summed E-state index contributed by atoms with van der Waals surface area (Å²) in [6.07, 6.45) is 0. The Bertz CT molecular complexity index is 526. The van der Waals surface area contributed by atoms with E-state index in [9.17, 15) is 0 Å². The van der Waals surface area contributed by atoms with E-state index in [4.69, 9.17) is 12.3 Å². The molecule has 1 rings (SSSR count). The molecule has 0 bridgehead atoms. The number of hydrogen-bond donors (Lipinski definition) is 0. The standard InChI is InChI=1S/C24H57N3O3Si3/c1-16-25(17-2)31(22(7,8)9)28-32(23(10,11)12,26(18-3)19-4)30-33(29-31,24(13,14)15)27(20-5)21-6/h16-21H2,1-15H3. The molecule has 1 saturated heterocycles. The molecule has 0 aromatic carbocycles. The SMILES string of the molecule is CCN(CC)[Si]1(C(C)(C)C)O[Si](N(CC)CC)(C(C)(C)C)O[Si](N(CC)CC)(C(C)(C)C)O1. The molecule has 1 aliphatic heterocycles. The fourth-order valence-electron chi connectivity index (χ4n) is 5.27. The van der Waals surface area contributed by atoms with E-state index in [0.717, 1.165) is 39.3 Å². The van der Waals surface area contributed by atoms with Gasteiger partial charge in [0.2, 0.25) is 0 Å². The average molecular weight is 520 g/mol. The van der Waals surface area contributed by atoms with Crippen molar-refractivity contribution in [1.29, 1.82) is 0 Å². The molecule has 0 spiro atoms. The Kier molecular flexibility index (Phi) is 10.3. The van der Waals surface area contributed by atoms with Crippen LogP contribution in [0.25, 0.3) is 0 Å². The Morgan fingerprint density at radius 2 is 0.545 bits per heavy atom. The van der Waals surface area contributed by atoms with Gasteiger partial charge in [-0.05, 0) is 39.3 Å². The van der Waals surface area contributed by atoms with Crippen molar-refractivity contribution in [2.75, 3.05) is 39.3 Å². The largest absolute Gasteiger partial charge is 0.417 e. The number of hydrogen-bond acceptors (Lipinski definition) is 6. The van der Waals surface area contributed by atoms with E-state index in [0.29, 0.717) is 0 Å². The maximum Gasteiger partial charge on any atom is 0.417 e. The highest BCUT2D eigenvalue weighted by atomic mass is 28.5. The molecule has 9 heteroatoms. The van der Waals surface area contributed by atoms with Crippen molar-refractivity contribution < 1.29 is 12.3 Å². The lowest BCUT2D eigenvalue weighted by molar-refractivity contribution is 0.0580. The van der Waals surface area contributed by atoms with E-state index in [-0.39, 0.29) is 15.1 Å². The summed E-state index contributed by atoms with van der Waals surface area (Å²) in [4.78, 5) is 0. The summed E-state index contributed by atoms with van der Waals surface area (Å²) in [6, 6.07) is 0. The zero-order valence-electron chi connectivity index (χ0n) is 24.8. The zero-order chi connectivity index (χ0) is 26.1. The normalized spacial score (nSPS) is 30.0. The van der Waals surface area contributed by atoms with Gasteiger partial charge in [-0.25, -0.2) is 0 Å². The highest BCUT2D eigenvalue weighted by molar-refractivity contribution is 6.94. The molecule has 0 N–H and O–H groups in total. The minimum absolute atomic E-state index is 0.143. The predicted octanol–water partition coefficient (Wildman–Crippen LogP) is 6.29. The first-order chi connectivity index (χ1) is 14.9. The fraction of sp³-hybridized carbons (Fsp3) is 1.00. The van der Waals surface area contributed by atoms with E-state index in [1.165, 1.54) is 0 Å². The topological polar surface area (TPSA) is 37.4 Å². The van der Waals surface area contributed by atoms with Crippen LogP contribution >= 0.6 is 0 Å². The molecular formula is C24H57N3O3Si3. The van der Waals surface area contributed by atoms with Crippen molar-refractivity contribution in [3.05, 3.63) is 0 Å². The predicted molar refractivity (Wildman–Crippen MR) is 148 cm³/mol. The third-order valence-corrected chi connectivity index (χ3v) is 23.9. The van der Waals surface area contributed by atoms with E-state index in [1.807, 2.05) is 0 Å². The summed E-state index contributed by atoms with van der Waals surface area (Å²) in [6.45, 7) is 40.0. The third kappa shape index (κ3) is 5.27. The Hall–Kier alpha value is 0.411. The van der Waals surface area contributed by atoms with Crippen LogP contribution in [-0.4, -0.2) is 79.1 Å². The second kappa shape index (κ2) is 10.8. The minimum Gasteiger partial charge on any atom is -0.391 e. The van der Waals surface area contributed by atoms with Gasteiger partial charge in [0.1, 0.15) is 0 Å². The van der Waals surface area contributed by atoms with E-state index < -0.39 is 26.2 Å². The van der Waals surface area contributed by atoms with Crippen LogP contribution in [0.15, 0.2) is 0 Å². The molecule has 0 unspecified atom stereocenters. The van der Waals surface area contributed by atoms with Crippen molar-refractivity contribution in [3.8, 4) is 0 Å². The monoisotopic (exact) mass is 519 g/mol. The third-order valence-electron chi connectivity index (χ3n) is 7.21. The Morgan fingerprint density at radius 3 is 0.636 bits per heavy atom. The average Bonchev–Trinajstić information content (AvgIpc) is 2.68. The smallest absolute Gasteiger partial charge is 0.391 e. The molecule has 6 nitrogen and oxygen atoms in total. The van der Waals surface area contributed by atoms with Gasteiger partial charge in [0.25, 0.3) is 0 Å². The molecule has 198 valence electrons. The molecule has 1 aliphatic rings. The van der Waals surface area contributed by atoms with Crippen LogP contribution in [0.5, 0.6) is 0 Å². The van der Waals surface area contributed by atoms with Crippen molar-refractivity contribution in [2.24, 2.45) is 0 Å². The van der Waals surface area contributed by atoms with Gasteiger partial charge in [-0.15, -0.1) is 0 Å². The first kappa shape index (κ1) is 31.4. The van der Waals surface area contributed by atoms with Crippen LogP contribution in [0.2, 0.25) is 15.1 Å². The van der Waals surface area contributed by atoms with Gasteiger partial charge >= 0.3 is 26.2 Å². The molecule has 0 atom stereocenters. The van der Waals surface area contributed by atoms with Gasteiger partial charge in [0.05, 0.1) is 0 Å². The Morgan fingerprint density at radius 1 is 0.394 bits per heavy atom. The number of nitrogens with zero attached hydrogens (tertiary/aromatic N) is 3. The summed E-state index contributed by atoms with van der Waals surface area (Å²) in [5.74, 6) is 0. The highest BCUT2D eigenvalue weighted by Gasteiger charge is 2.77. The van der Waals surface area contributed by atoms with Gasteiger partial charge in [0, 0.05) is 15.1 Å². The van der Waals surface area contributed by atoms with Crippen LogP contribution in [0.3, 0.4) is 0 Å². The van der Waals surface area contributed by atoms with E-state index in [2.05, 4.69) is 118 Å². The maximum atomic E-state index is 7.66. The lowest BCUT2D eigenvalue weighted by atomic mass is 10.3. The molecule has 0 amide bonds. The first-order valence-electron chi connectivity index (χ1n) is 13.3. The summed E-state index contributed by atoms with van der Waals surface area (Å²) >= 11 is 0. The lowest BCUT2D eigenvalue weighted by Gasteiger charge is -2.66. The van der Waals surface area contributed by atoms with Crippen molar-refractivity contribution in [3.63, 3.8) is 0 Å². The van der Waals surface area contributed by atoms with Crippen molar-refractivity contribution in [1.82, 2.24) is 13.7 Å². The van der Waals surface area contributed by atoms with Crippen LogP contribution in [-0.2, 0) is 12.3 Å². The summed E-state index contributed by atoms with van der Waals surface area (Å²) in [5.41, 5.74) is 0.